The second-order valence-electron chi connectivity index (χ2n) is 2.89. The number of ether oxygens (including phenoxy) is 1. The molecule has 0 bridgehead atoms. The van der Waals surface area contributed by atoms with Crippen LogP contribution in [0.4, 0.5) is 6.01 Å². The first-order valence-electron chi connectivity index (χ1n) is 4.42. The van der Waals surface area contributed by atoms with Crippen molar-refractivity contribution in [1.29, 1.82) is 0 Å². The van der Waals surface area contributed by atoms with Gasteiger partial charge < -0.3 is 14.1 Å². The molecule has 13 heavy (non-hydrogen) atoms. The fourth-order valence-corrected chi connectivity index (χ4v) is 0.958. The molecule has 1 aromatic rings. The smallest absolute Gasteiger partial charge is 0.297 e. The highest BCUT2D eigenvalue weighted by Crippen LogP contribution is 2.11. The van der Waals surface area contributed by atoms with Crippen LogP contribution in [0.3, 0.4) is 0 Å². The van der Waals surface area contributed by atoms with E-state index < -0.39 is 0 Å². The summed E-state index contributed by atoms with van der Waals surface area (Å²) in [5, 5.41) is 0. The number of aromatic nitrogens is 1. The second kappa shape index (κ2) is 4.87. The van der Waals surface area contributed by atoms with Crippen LogP contribution in [-0.4, -0.2) is 32.3 Å². The van der Waals surface area contributed by atoms with E-state index in [9.17, 15) is 0 Å². The number of methoxy groups -OCH3 is 1. The molecule has 0 aromatic carbocycles. The van der Waals surface area contributed by atoms with Crippen LogP contribution in [0.25, 0.3) is 0 Å². The third kappa shape index (κ3) is 2.73. The lowest BCUT2D eigenvalue weighted by Gasteiger charge is -2.12. The SMILES string of the molecule is CCc1coc(N(C)CCOC)n1. The van der Waals surface area contributed by atoms with E-state index in [4.69, 9.17) is 9.15 Å². The van der Waals surface area contributed by atoms with Gasteiger partial charge in [0.2, 0.25) is 0 Å². The molecule has 0 unspecified atom stereocenters. The first-order chi connectivity index (χ1) is 6.27. The Kier molecular flexibility index (Phi) is 3.76. The Morgan fingerprint density at radius 3 is 2.92 bits per heavy atom. The van der Waals surface area contributed by atoms with Crippen LogP contribution in [0.5, 0.6) is 0 Å². The van der Waals surface area contributed by atoms with Crippen molar-refractivity contribution in [2.45, 2.75) is 13.3 Å². The number of hydrogen-bond acceptors (Lipinski definition) is 4. The fourth-order valence-electron chi connectivity index (χ4n) is 0.958. The molecule has 74 valence electrons. The number of hydrogen-bond donors (Lipinski definition) is 0. The number of likely N-dealkylation sites (N-methyl/N-ethyl adjacent to an activating group) is 1. The summed E-state index contributed by atoms with van der Waals surface area (Å²) in [6.07, 6.45) is 2.60. The van der Waals surface area contributed by atoms with Gasteiger partial charge in [-0.05, 0) is 6.42 Å². The molecule has 0 N–H and O–H groups in total. The molecule has 0 aliphatic rings. The van der Waals surface area contributed by atoms with Crippen molar-refractivity contribution in [3.05, 3.63) is 12.0 Å². The zero-order valence-electron chi connectivity index (χ0n) is 8.41. The van der Waals surface area contributed by atoms with Gasteiger partial charge >= 0.3 is 0 Å². The van der Waals surface area contributed by atoms with Gasteiger partial charge in [0.15, 0.2) is 0 Å². The van der Waals surface area contributed by atoms with Crippen LogP contribution >= 0.6 is 0 Å². The maximum atomic E-state index is 5.27. The van der Waals surface area contributed by atoms with Gasteiger partial charge in [0.05, 0.1) is 12.3 Å². The van der Waals surface area contributed by atoms with Gasteiger partial charge in [-0.1, -0.05) is 6.92 Å². The summed E-state index contributed by atoms with van der Waals surface area (Å²) in [6.45, 7) is 3.53. The van der Waals surface area contributed by atoms with Crippen molar-refractivity contribution in [2.75, 3.05) is 32.2 Å². The lowest BCUT2D eigenvalue weighted by molar-refractivity contribution is 0.205. The molecule has 0 spiro atoms. The molecular weight excluding hydrogens is 168 g/mol. The minimum absolute atomic E-state index is 0.661. The van der Waals surface area contributed by atoms with Crippen molar-refractivity contribution in [3.63, 3.8) is 0 Å². The molecule has 0 saturated carbocycles. The minimum atomic E-state index is 0.661. The maximum absolute atomic E-state index is 5.27. The molecule has 0 fully saturated rings. The first kappa shape index (κ1) is 10.1. The molecule has 1 heterocycles. The number of rotatable bonds is 5. The zero-order valence-corrected chi connectivity index (χ0v) is 8.41. The minimum Gasteiger partial charge on any atom is -0.432 e. The molecule has 0 aliphatic heterocycles. The van der Waals surface area contributed by atoms with E-state index in [-0.39, 0.29) is 0 Å². The molecule has 4 heteroatoms. The Labute approximate surface area is 78.5 Å². The standard InChI is InChI=1S/C9H16N2O2/c1-4-8-7-13-9(10-8)11(2)5-6-12-3/h7H,4-6H2,1-3H3. The van der Waals surface area contributed by atoms with E-state index in [1.54, 1.807) is 13.4 Å². The van der Waals surface area contributed by atoms with Gasteiger partial charge in [-0.15, -0.1) is 0 Å². The van der Waals surface area contributed by atoms with Crippen LogP contribution in [-0.2, 0) is 11.2 Å². The number of anilines is 1. The van der Waals surface area contributed by atoms with Gasteiger partial charge in [0.25, 0.3) is 6.01 Å². The summed E-state index contributed by atoms with van der Waals surface area (Å²) in [6, 6.07) is 0.661. The van der Waals surface area contributed by atoms with Gasteiger partial charge in [-0.3, -0.25) is 0 Å². The predicted molar refractivity (Wildman–Crippen MR) is 51.0 cm³/mol. The molecule has 0 radical (unpaired) electrons. The predicted octanol–water partition coefficient (Wildman–Crippen LogP) is 1.32. The summed E-state index contributed by atoms with van der Waals surface area (Å²) in [4.78, 5) is 6.22. The van der Waals surface area contributed by atoms with Crippen molar-refractivity contribution < 1.29 is 9.15 Å². The number of oxazole rings is 1. The van der Waals surface area contributed by atoms with Crippen LogP contribution < -0.4 is 4.90 Å². The fraction of sp³-hybridized carbons (Fsp3) is 0.667. The second-order valence-corrected chi connectivity index (χ2v) is 2.89. The van der Waals surface area contributed by atoms with E-state index >= 15 is 0 Å². The number of nitrogens with zero attached hydrogens (tertiary/aromatic N) is 2. The topological polar surface area (TPSA) is 38.5 Å². The maximum Gasteiger partial charge on any atom is 0.297 e. The Bertz CT molecular complexity index is 248. The zero-order chi connectivity index (χ0) is 9.68. The van der Waals surface area contributed by atoms with Crippen LogP contribution in [0.15, 0.2) is 10.7 Å². The highest BCUT2D eigenvalue weighted by Gasteiger charge is 2.06. The normalized spacial score (nSPS) is 10.4. The molecule has 0 amide bonds. The molecular formula is C9H16N2O2. The third-order valence-corrected chi connectivity index (χ3v) is 1.86. The Hall–Kier alpha value is -1.03. The van der Waals surface area contributed by atoms with Crippen molar-refractivity contribution in [2.24, 2.45) is 0 Å². The van der Waals surface area contributed by atoms with Crippen LogP contribution in [0.1, 0.15) is 12.6 Å². The lowest BCUT2D eigenvalue weighted by Crippen LogP contribution is -2.22. The van der Waals surface area contributed by atoms with Crippen molar-refractivity contribution in [1.82, 2.24) is 4.98 Å². The molecule has 1 aromatic heterocycles. The van der Waals surface area contributed by atoms with Gasteiger partial charge in [-0.25, -0.2) is 0 Å². The first-order valence-corrected chi connectivity index (χ1v) is 4.42. The van der Waals surface area contributed by atoms with E-state index in [0.717, 1.165) is 18.7 Å². The highest BCUT2D eigenvalue weighted by molar-refractivity contribution is 5.24. The molecule has 0 aliphatic carbocycles. The quantitative estimate of drug-likeness (QED) is 0.691. The highest BCUT2D eigenvalue weighted by atomic mass is 16.5. The van der Waals surface area contributed by atoms with E-state index in [1.165, 1.54) is 0 Å². The Morgan fingerprint density at radius 2 is 2.38 bits per heavy atom. The Morgan fingerprint density at radius 1 is 1.62 bits per heavy atom. The van der Waals surface area contributed by atoms with Crippen molar-refractivity contribution >= 4 is 6.01 Å². The molecule has 4 nitrogen and oxygen atoms in total. The third-order valence-electron chi connectivity index (χ3n) is 1.86. The summed E-state index contributed by atoms with van der Waals surface area (Å²) >= 11 is 0. The molecule has 0 saturated heterocycles. The summed E-state index contributed by atoms with van der Waals surface area (Å²) in [5.74, 6) is 0. The average molecular weight is 184 g/mol. The van der Waals surface area contributed by atoms with Crippen LogP contribution in [0.2, 0.25) is 0 Å². The van der Waals surface area contributed by atoms with Gasteiger partial charge in [-0.2, -0.15) is 4.98 Å². The largest absolute Gasteiger partial charge is 0.432 e. The van der Waals surface area contributed by atoms with E-state index in [2.05, 4.69) is 11.9 Å². The van der Waals surface area contributed by atoms with Gasteiger partial charge in [0.1, 0.15) is 6.26 Å². The summed E-state index contributed by atoms with van der Waals surface area (Å²) < 4.78 is 10.2. The average Bonchev–Trinajstić information content (AvgIpc) is 2.62. The Balaban J connectivity index is 2.50. The molecule has 0 atom stereocenters. The monoisotopic (exact) mass is 184 g/mol. The summed E-state index contributed by atoms with van der Waals surface area (Å²) in [5.41, 5.74) is 0.985. The van der Waals surface area contributed by atoms with E-state index in [1.807, 2.05) is 11.9 Å². The number of aryl methyl sites for hydroxylation is 1. The summed E-state index contributed by atoms with van der Waals surface area (Å²) in [7, 11) is 3.62. The van der Waals surface area contributed by atoms with Crippen LogP contribution in [0, 0.1) is 0 Å². The van der Waals surface area contributed by atoms with Crippen molar-refractivity contribution in [3.8, 4) is 0 Å². The van der Waals surface area contributed by atoms with E-state index in [0.29, 0.717) is 12.6 Å². The lowest BCUT2D eigenvalue weighted by atomic mass is 10.4. The molecule has 1 rings (SSSR count). The van der Waals surface area contributed by atoms with Gasteiger partial charge in [0, 0.05) is 20.7 Å².